The van der Waals surface area contributed by atoms with E-state index in [1.54, 1.807) is 12.1 Å². The number of nitrogens with zero attached hydrogens (tertiary/aromatic N) is 2. The average Bonchev–Trinajstić information content (AvgIpc) is 2.53. The van der Waals surface area contributed by atoms with Crippen LogP contribution in [0, 0.1) is 22.0 Å². The smallest absolute Gasteiger partial charge is 0.293 e. The lowest BCUT2D eigenvalue weighted by Gasteiger charge is -2.42. The maximum atomic E-state index is 11.3. The van der Waals surface area contributed by atoms with Crippen LogP contribution in [0.2, 0.25) is 0 Å². The molecule has 0 radical (unpaired) electrons. The summed E-state index contributed by atoms with van der Waals surface area (Å²) < 4.78 is 0. The van der Waals surface area contributed by atoms with Gasteiger partial charge in [0.2, 0.25) is 5.91 Å². The van der Waals surface area contributed by atoms with Crippen LogP contribution in [0.4, 0.5) is 11.4 Å². The molecule has 3 rings (SSSR count). The maximum Gasteiger partial charge on any atom is 0.293 e. The molecule has 0 aromatic heterocycles. The number of nitro benzene ring substituents is 1. The van der Waals surface area contributed by atoms with Crippen LogP contribution in [0.15, 0.2) is 18.2 Å². The van der Waals surface area contributed by atoms with Crippen LogP contribution in [-0.2, 0) is 0 Å². The van der Waals surface area contributed by atoms with Crippen molar-refractivity contribution < 1.29 is 9.72 Å². The molecule has 1 aromatic carbocycles. The number of benzene rings is 1. The summed E-state index contributed by atoms with van der Waals surface area (Å²) >= 11 is 0. The third-order valence-corrected chi connectivity index (χ3v) is 5.09. The van der Waals surface area contributed by atoms with E-state index in [1.165, 1.54) is 31.7 Å². The molecule has 2 aliphatic rings. The number of primary amides is 1. The van der Waals surface area contributed by atoms with Gasteiger partial charge in [-0.2, -0.15) is 0 Å². The molecule has 2 N–H and O–H groups in total. The summed E-state index contributed by atoms with van der Waals surface area (Å²) in [6.07, 6.45) is 6.18. The molecular weight excluding hydrogens is 282 g/mol. The van der Waals surface area contributed by atoms with Gasteiger partial charge in [-0.05, 0) is 36.8 Å². The first kappa shape index (κ1) is 14.8. The molecule has 1 saturated carbocycles. The fourth-order valence-corrected chi connectivity index (χ4v) is 3.91. The Labute approximate surface area is 129 Å². The van der Waals surface area contributed by atoms with Crippen LogP contribution < -0.4 is 10.6 Å². The number of hydrogen-bond acceptors (Lipinski definition) is 4. The molecule has 1 saturated heterocycles. The molecule has 0 bridgehead atoms. The first-order chi connectivity index (χ1) is 10.6. The Morgan fingerprint density at radius 2 is 1.95 bits per heavy atom. The second kappa shape index (κ2) is 5.94. The van der Waals surface area contributed by atoms with Crippen LogP contribution in [0.5, 0.6) is 0 Å². The van der Waals surface area contributed by atoms with Gasteiger partial charge >= 0.3 is 0 Å². The Hall–Kier alpha value is -2.11. The van der Waals surface area contributed by atoms with E-state index >= 15 is 0 Å². The van der Waals surface area contributed by atoms with Crippen molar-refractivity contribution in [3.8, 4) is 0 Å². The largest absolute Gasteiger partial charge is 0.366 e. The zero-order valence-electron chi connectivity index (χ0n) is 12.5. The molecule has 0 unspecified atom stereocenters. The predicted molar refractivity (Wildman–Crippen MR) is 83.9 cm³/mol. The number of amides is 1. The zero-order chi connectivity index (χ0) is 15.7. The number of fused-ring (bicyclic) bond motifs is 1. The molecule has 2 atom stereocenters. The fraction of sp³-hybridized carbons (Fsp3) is 0.562. The second-order valence-electron chi connectivity index (χ2n) is 6.36. The minimum Gasteiger partial charge on any atom is -0.366 e. The normalized spacial score (nSPS) is 24.6. The monoisotopic (exact) mass is 303 g/mol. The Balaban J connectivity index is 1.87. The standard InChI is InChI=1S/C16H21N3O3/c17-16(20)12-5-6-14(15(9-12)19(21)22)18-8-7-11-3-1-2-4-13(11)10-18/h5-6,9,11,13H,1-4,7-8,10H2,(H2,17,20)/t11-,13-/m1/s1. The highest BCUT2D eigenvalue weighted by molar-refractivity contribution is 5.94. The molecule has 1 aliphatic carbocycles. The van der Waals surface area contributed by atoms with Gasteiger partial charge in [0, 0.05) is 24.7 Å². The highest BCUT2D eigenvalue weighted by atomic mass is 16.6. The lowest BCUT2D eigenvalue weighted by atomic mass is 9.75. The van der Waals surface area contributed by atoms with Crippen molar-refractivity contribution in [3.63, 3.8) is 0 Å². The van der Waals surface area contributed by atoms with Gasteiger partial charge < -0.3 is 10.6 Å². The molecule has 6 heteroatoms. The van der Waals surface area contributed by atoms with Crippen molar-refractivity contribution in [3.05, 3.63) is 33.9 Å². The first-order valence-corrected chi connectivity index (χ1v) is 7.89. The van der Waals surface area contributed by atoms with E-state index in [2.05, 4.69) is 4.90 Å². The Kier molecular flexibility index (Phi) is 4.00. The van der Waals surface area contributed by atoms with Crippen molar-refractivity contribution in [1.82, 2.24) is 0 Å². The topological polar surface area (TPSA) is 89.5 Å². The minimum atomic E-state index is -0.638. The van der Waals surface area contributed by atoms with E-state index in [4.69, 9.17) is 5.73 Å². The Bertz CT molecular complexity index is 602. The van der Waals surface area contributed by atoms with Gasteiger partial charge in [-0.15, -0.1) is 0 Å². The maximum absolute atomic E-state index is 11.3. The summed E-state index contributed by atoms with van der Waals surface area (Å²) in [5.41, 5.74) is 5.99. The van der Waals surface area contributed by atoms with E-state index in [9.17, 15) is 14.9 Å². The lowest BCUT2D eigenvalue weighted by Crippen LogP contribution is -2.42. The average molecular weight is 303 g/mol. The molecule has 1 amide bonds. The van der Waals surface area contributed by atoms with Crippen molar-refractivity contribution in [1.29, 1.82) is 0 Å². The summed E-state index contributed by atoms with van der Waals surface area (Å²) in [6.45, 7) is 1.72. The number of anilines is 1. The molecule has 1 aliphatic heterocycles. The van der Waals surface area contributed by atoms with Gasteiger partial charge in [0.25, 0.3) is 5.69 Å². The van der Waals surface area contributed by atoms with Crippen LogP contribution in [-0.4, -0.2) is 23.9 Å². The van der Waals surface area contributed by atoms with Crippen LogP contribution in [0.1, 0.15) is 42.5 Å². The quantitative estimate of drug-likeness (QED) is 0.686. The summed E-state index contributed by atoms with van der Waals surface area (Å²) in [6, 6.07) is 4.55. The molecule has 1 aromatic rings. The van der Waals surface area contributed by atoms with Gasteiger partial charge in [-0.25, -0.2) is 0 Å². The molecule has 2 fully saturated rings. The highest BCUT2D eigenvalue weighted by Crippen LogP contribution is 2.39. The van der Waals surface area contributed by atoms with E-state index in [0.717, 1.165) is 25.4 Å². The molecule has 118 valence electrons. The van der Waals surface area contributed by atoms with Crippen LogP contribution in [0.25, 0.3) is 0 Å². The summed E-state index contributed by atoms with van der Waals surface area (Å²) in [5.74, 6) is 0.771. The van der Waals surface area contributed by atoms with Crippen molar-refractivity contribution in [2.45, 2.75) is 32.1 Å². The molecule has 0 spiro atoms. The number of nitro groups is 1. The minimum absolute atomic E-state index is 0.0226. The number of rotatable bonds is 3. The highest BCUT2D eigenvalue weighted by Gasteiger charge is 2.33. The Morgan fingerprint density at radius 1 is 1.23 bits per heavy atom. The number of carbonyl (C=O) groups is 1. The summed E-state index contributed by atoms with van der Waals surface area (Å²) in [7, 11) is 0. The number of hydrogen-bond donors (Lipinski definition) is 1. The SMILES string of the molecule is NC(=O)c1ccc(N2CC[C@H]3CCCC[C@@H]3C2)c([N+](=O)[O-])c1. The van der Waals surface area contributed by atoms with E-state index in [1.807, 2.05) is 0 Å². The van der Waals surface area contributed by atoms with E-state index in [0.29, 0.717) is 11.6 Å². The first-order valence-electron chi connectivity index (χ1n) is 7.89. The summed E-state index contributed by atoms with van der Waals surface area (Å²) in [4.78, 5) is 24.3. The van der Waals surface area contributed by atoms with Gasteiger partial charge in [0.1, 0.15) is 5.69 Å². The molecule has 6 nitrogen and oxygen atoms in total. The van der Waals surface area contributed by atoms with Crippen molar-refractivity contribution >= 4 is 17.3 Å². The summed E-state index contributed by atoms with van der Waals surface area (Å²) in [5, 5.41) is 11.3. The predicted octanol–water partition coefficient (Wildman–Crippen LogP) is 2.71. The lowest BCUT2D eigenvalue weighted by molar-refractivity contribution is -0.384. The fourth-order valence-electron chi connectivity index (χ4n) is 3.91. The van der Waals surface area contributed by atoms with Gasteiger partial charge in [-0.1, -0.05) is 19.3 Å². The number of nitrogens with two attached hydrogens (primary N) is 1. The van der Waals surface area contributed by atoms with Gasteiger partial charge in [0.05, 0.1) is 4.92 Å². The molecule has 1 heterocycles. The Morgan fingerprint density at radius 3 is 2.64 bits per heavy atom. The third-order valence-electron chi connectivity index (χ3n) is 5.09. The molecular formula is C16H21N3O3. The third kappa shape index (κ3) is 2.77. The molecule has 22 heavy (non-hydrogen) atoms. The van der Waals surface area contributed by atoms with E-state index in [-0.39, 0.29) is 11.3 Å². The van der Waals surface area contributed by atoms with Crippen LogP contribution in [0.3, 0.4) is 0 Å². The zero-order valence-corrected chi connectivity index (χ0v) is 12.5. The number of carbonyl (C=O) groups excluding carboxylic acids is 1. The van der Waals surface area contributed by atoms with Crippen molar-refractivity contribution in [2.24, 2.45) is 17.6 Å². The second-order valence-corrected chi connectivity index (χ2v) is 6.36. The number of piperidine rings is 1. The van der Waals surface area contributed by atoms with Crippen LogP contribution >= 0.6 is 0 Å². The van der Waals surface area contributed by atoms with Gasteiger partial charge in [-0.3, -0.25) is 14.9 Å². The van der Waals surface area contributed by atoms with Gasteiger partial charge in [0.15, 0.2) is 0 Å². The van der Waals surface area contributed by atoms with E-state index < -0.39 is 10.8 Å². The van der Waals surface area contributed by atoms with Crippen molar-refractivity contribution in [2.75, 3.05) is 18.0 Å².